The molecule has 0 spiro atoms. The monoisotopic (exact) mass is 415 g/mol. The number of nitrogens with one attached hydrogen (secondary N) is 1. The highest BCUT2D eigenvalue weighted by atomic mass is 16.6. The second-order valence-corrected chi connectivity index (χ2v) is 7.50. The number of fused-ring (bicyclic) bond motifs is 1. The van der Waals surface area contributed by atoms with Gasteiger partial charge >= 0.3 is 0 Å². The van der Waals surface area contributed by atoms with Crippen molar-refractivity contribution in [1.29, 1.82) is 0 Å². The predicted octanol–water partition coefficient (Wildman–Crippen LogP) is 4.52. The average molecular weight is 415 g/mol. The van der Waals surface area contributed by atoms with Crippen molar-refractivity contribution < 1.29 is 19.1 Å². The highest BCUT2D eigenvalue weighted by Crippen LogP contribution is 2.31. The first kappa shape index (κ1) is 20.7. The fourth-order valence-electron chi connectivity index (χ4n) is 3.64. The predicted molar refractivity (Wildman–Crippen MR) is 118 cm³/mol. The molecule has 1 atom stereocenters. The maximum atomic E-state index is 12.7. The van der Waals surface area contributed by atoms with Gasteiger partial charge in [0.1, 0.15) is 13.2 Å². The van der Waals surface area contributed by atoms with E-state index in [9.17, 15) is 9.59 Å². The molecule has 3 aromatic carbocycles. The first-order valence-electron chi connectivity index (χ1n) is 10.5. The van der Waals surface area contributed by atoms with Gasteiger partial charge in [-0.3, -0.25) is 9.59 Å². The van der Waals surface area contributed by atoms with Gasteiger partial charge in [0.25, 0.3) is 0 Å². The number of ether oxygens (including phenoxy) is 2. The van der Waals surface area contributed by atoms with Crippen LogP contribution in [0.2, 0.25) is 0 Å². The second-order valence-electron chi connectivity index (χ2n) is 7.50. The summed E-state index contributed by atoms with van der Waals surface area (Å²) in [7, 11) is 0. The van der Waals surface area contributed by atoms with Gasteiger partial charge < -0.3 is 14.8 Å². The molecule has 0 aliphatic carbocycles. The Hall–Kier alpha value is -3.60. The van der Waals surface area contributed by atoms with E-state index in [4.69, 9.17) is 9.47 Å². The van der Waals surface area contributed by atoms with Crippen LogP contribution < -0.4 is 14.8 Å². The van der Waals surface area contributed by atoms with Gasteiger partial charge in [-0.15, -0.1) is 0 Å². The number of ketones is 1. The van der Waals surface area contributed by atoms with Gasteiger partial charge in [-0.05, 0) is 35.7 Å². The van der Waals surface area contributed by atoms with Gasteiger partial charge in [-0.1, -0.05) is 60.7 Å². The molecule has 0 aromatic heterocycles. The number of carbonyl (C=O) groups excluding carboxylic acids is 2. The molecule has 4 rings (SSSR count). The summed E-state index contributed by atoms with van der Waals surface area (Å²) in [6.07, 6.45) is 0.955. The lowest BCUT2D eigenvalue weighted by Gasteiger charge is -2.20. The summed E-state index contributed by atoms with van der Waals surface area (Å²) >= 11 is 0. The molecule has 1 aliphatic heterocycles. The maximum Gasteiger partial charge on any atom is 0.220 e. The van der Waals surface area contributed by atoms with Crippen molar-refractivity contribution in [1.82, 2.24) is 5.32 Å². The first-order chi connectivity index (χ1) is 15.2. The van der Waals surface area contributed by atoms with Crippen LogP contribution in [0.25, 0.3) is 0 Å². The van der Waals surface area contributed by atoms with Crippen molar-refractivity contribution in [2.45, 2.75) is 25.3 Å². The van der Waals surface area contributed by atoms with E-state index in [1.807, 2.05) is 60.7 Å². The van der Waals surface area contributed by atoms with Crippen molar-refractivity contribution in [2.75, 3.05) is 13.2 Å². The van der Waals surface area contributed by atoms with E-state index in [0.717, 1.165) is 11.1 Å². The van der Waals surface area contributed by atoms with Crippen LogP contribution in [0.5, 0.6) is 11.5 Å². The number of hydrogen-bond donors (Lipinski definition) is 1. The van der Waals surface area contributed by atoms with E-state index < -0.39 is 0 Å². The molecule has 0 bridgehead atoms. The van der Waals surface area contributed by atoms with Crippen molar-refractivity contribution in [2.24, 2.45) is 0 Å². The lowest BCUT2D eigenvalue weighted by Crippen LogP contribution is -2.30. The molecule has 158 valence electrons. The fourth-order valence-corrected chi connectivity index (χ4v) is 3.64. The molecule has 0 fully saturated rings. The minimum Gasteiger partial charge on any atom is -0.486 e. The Morgan fingerprint density at radius 1 is 0.806 bits per heavy atom. The van der Waals surface area contributed by atoms with E-state index in [1.54, 1.807) is 18.2 Å². The molecule has 1 amide bonds. The number of hydrogen-bond acceptors (Lipinski definition) is 4. The van der Waals surface area contributed by atoms with Crippen LogP contribution in [0.3, 0.4) is 0 Å². The zero-order valence-corrected chi connectivity index (χ0v) is 17.3. The van der Waals surface area contributed by atoms with Gasteiger partial charge in [0.15, 0.2) is 17.3 Å². The molecule has 5 heteroatoms. The molecule has 0 unspecified atom stereocenters. The van der Waals surface area contributed by atoms with E-state index in [1.165, 1.54) is 0 Å². The minimum atomic E-state index is -0.152. The van der Waals surface area contributed by atoms with E-state index >= 15 is 0 Å². The largest absolute Gasteiger partial charge is 0.486 e. The van der Waals surface area contributed by atoms with Crippen molar-refractivity contribution in [3.8, 4) is 11.5 Å². The third kappa shape index (κ3) is 5.51. The van der Waals surface area contributed by atoms with E-state index in [-0.39, 0.29) is 30.6 Å². The molecule has 5 nitrogen and oxygen atoms in total. The number of rotatable bonds is 8. The van der Waals surface area contributed by atoms with E-state index in [2.05, 4.69) is 5.32 Å². The van der Waals surface area contributed by atoms with Crippen LogP contribution in [0.15, 0.2) is 78.9 Å². The second kappa shape index (κ2) is 9.94. The van der Waals surface area contributed by atoms with Gasteiger partial charge in [-0.25, -0.2) is 0 Å². The number of carbonyl (C=O) groups is 2. The summed E-state index contributed by atoms with van der Waals surface area (Å²) < 4.78 is 11.0. The normalized spacial score (nSPS) is 13.3. The smallest absolute Gasteiger partial charge is 0.220 e. The lowest BCUT2D eigenvalue weighted by atomic mass is 9.98. The Labute approximate surface area is 182 Å². The van der Waals surface area contributed by atoms with Crippen LogP contribution >= 0.6 is 0 Å². The molecular formula is C26H25NO4. The van der Waals surface area contributed by atoms with Gasteiger partial charge in [0.2, 0.25) is 5.91 Å². The van der Waals surface area contributed by atoms with E-state index in [0.29, 0.717) is 36.7 Å². The Kier molecular flexibility index (Phi) is 6.62. The Balaban J connectivity index is 1.38. The van der Waals surface area contributed by atoms with Crippen LogP contribution in [0.4, 0.5) is 0 Å². The van der Waals surface area contributed by atoms with Crippen molar-refractivity contribution in [3.05, 3.63) is 95.6 Å². The number of amides is 1. The number of Topliss-reactive ketones (excluding diaryl/α,β-unsaturated/α-hetero) is 1. The van der Waals surface area contributed by atoms with Crippen LogP contribution in [0.1, 0.15) is 40.4 Å². The summed E-state index contributed by atoms with van der Waals surface area (Å²) in [4.78, 5) is 25.3. The van der Waals surface area contributed by atoms with Gasteiger partial charge in [0, 0.05) is 18.4 Å². The zero-order valence-electron chi connectivity index (χ0n) is 17.3. The molecule has 1 N–H and O–H groups in total. The zero-order chi connectivity index (χ0) is 21.5. The Morgan fingerprint density at radius 2 is 1.48 bits per heavy atom. The number of benzene rings is 3. The Bertz CT molecular complexity index is 1030. The fraction of sp³-hybridized carbons (Fsp3) is 0.231. The van der Waals surface area contributed by atoms with Crippen LogP contribution in [-0.4, -0.2) is 24.9 Å². The lowest BCUT2D eigenvalue weighted by molar-refractivity contribution is -0.121. The standard InChI is InChI=1S/C26H25NO4/c28-23(21-11-13-24-25(18-21)31-16-15-30-24)12-14-26(29)27-22(20-9-5-2-6-10-20)17-19-7-3-1-4-8-19/h1-11,13,18,22H,12,14-17H2,(H,27,29)/t22-/m1/s1. The summed E-state index contributed by atoms with van der Waals surface area (Å²) in [5, 5.41) is 3.10. The van der Waals surface area contributed by atoms with Crippen LogP contribution in [0, 0.1) is 0 Å². The van der Waals surface area contributed by atoms with Gasteiger partial charge in [-0.2, -0.15) is 0 Å². The molecule has 1 heterocycles. The van der Waals surface area contributed by atoms with Gasteiger partial charge in [0.05, 0.1) is 6.04 Å². The first-order valence-corrected chi connectivity index (χ1v) is 10.5. The molecule has 0 saturated carbocycles. The highest BCUT2D eigenvalue weighted by molar-refractivity contribution is 5.98. The summed E-state index contributed by atoms with van der Waals surface area (Å²) in [5.41, 5.74) is 2.71. The molecule has 3 aromatic rings. The molecule has 0 radical (unpaired) electrons. The highest BCUT2D eigenvalue weighted by Gasteiger charge is 2.18. The SMILES string of the molecule is O=C(CCC(=O)c1ccc2c(c1)OCCO2)N[C@H](Cc1ccccc1)c1ccccc1. The molecule has 31 heavy (non-hydrogen) atoms. The third-order valence-electron chi connectivity index (χ3n) is 5.26. The van der Waals surface area contributed by atoms with Crippen molar-refractivity contribution in [3.63, 3.8) is 0 Å². The van der Waals surface area contributed by atoms with Crippen LogP contribution in [-0.2, 0) is 11.2 Å². The summed E-state index contributed by atoms with van der Waals surface area (Å²) in [6.45, 7) is 0.974. The topological polar surface area (TPSA) is 64.6 Å². The molecule has 1 aliphatic rings. The summed E-state index contributed by atoms with van der Waals surface area (Å²) in [6, 6.07) is 25.0. The average Bonchev–Trinajstić information content (AvgIpc) is 2.83. The van der Waals surface area contributed by atoms with Crippen molar-refractivity contribution >= 4 is 11.7 Å². The summed E-state index contributed by atoms with van der Waals surface area (Å²) in [5.74, 6) is 0.989. The third-order valence-corrected chi connectivity index (χ3v) is 5.26. The minimum absolute atomic E-state index is 0.0913. The Morgan fingerprint density at radius 3 is 2.23 bits per heavy atom. The quantitative estimate of drug-likeness (QED) is 0.550. The maximum absolute atomic E-state index is 12.7. The molecule has 0 saturated heterocycles. The molecular weight excluding hydrogens is 390 g/mol.